The van der Waals surface area contributed by atoms with Gasteiger partial charge in [-0.3, -0.25) is 4.63 Å². The van der Waals surface area contributed by atoms with Crippen molar-refractivity contribution < 1.29 is 8.42 Å². The van der Waals surface area contributed by atoms with Gasteiger partial charge in [-0.1, -0.05) is 60.1 Å². The molecule has 3 rings (SSSR count). The zero-order chi connectivity index (χ0) is 17.2. The second-order valence-electron chi connectivity index (χ2n) is 5.70. The van der Waals surface area contributed by atoms with Gasteiger partial charge in [0.05, 0.1) is 4.90 Å². The lowest BCUT2D eigenvalue weighted by Crippen LogP contribution is -2.35. The summed E-state index contributed by atoms with van der Waals surface area (Å²) < 4.78 is 28.1. The molecule has 0 atom stereocenters. The Hall–Kier alpha value is -2.31. The van der Waals surface area contributed by atoms with Gasteiger partial charge in [0, 0.05) is 30.6 Å². The molecule has 0 bridgehead atoms. The minimum atomic E-state index is -3.65. The average Bonchev–Trinajstić information content (AvgIpc) is 2.59. The van der Waals surface area contributed by atoms with Crippen molar-refractivity contribution in [2.24, 2.45) is 0 Å². The molecule has 0 unspecified atom stereocenters. The van der Waals surface area contributed by atoms with E-state index in [9.17, 15) is 8.42 Å². The fourth-order valence-electron chi connectivity index (χ4n) is 2.65. The lowest BCUT2D eigenvalue weighted by Gasteiger charge is -2.17. The number of fused-ring (bicyclic) bond motifs is 1. The molecule has 0 heterocycles. The minimum Gasteiger partial charge on any atom is -0.377 e. The molecule has 0 saturated carbocycles. The monoisotopic (exact) mass is 337 g/mol. The second-order valence-corrected chi connectivity index (χ2v) is 7.38. The molecule has 0 fully saturated rings. The van der Waals surface area contributed by atoms with Crippen LogP contribution >= 0.6 is 0 Å². The van der Waals surface area contributed by atoms with Crippen LogP contribution in [0.1, 0.15) is 0 Å². The lowest BCUT2D eigenvalue weighted by molar-refractivity contribution is 0.594. The maximum atomic E-state index is 12.7. The van der Waals surface area contributed by atoms with Crippen molar-refractivity contribution in [3.05, 3.63) is 66.7 Å². The van der Waals surface area contributed by atoms with Crippen molar-refractivity contribution in [2.45, 2.75) is 4.90 Å². The van der Waals surface area contributed by atoms with Crippen LogP contribution < -0.4 is 15.0 Å². The Morgan fingerprint density at radius 1 is 0.833 bits per heavy atom. The van der Waals surface area contributed by atoms with E-state index in [4.69, 9.17) is 0 Å². The van der Waals surface area contributed by atoms with Crippen LogP contribution in [0.15, 0.2) is 71.6 Å². The SMILES string of the molecule is CN(C)c1cccc2c(S(=O)(=O)N[B]c3ccccc3)cccc12. The maximum absolute atomic E-state index is 12.7. The van der Waals surface area contributed by atoms with E-state index in [1.54, 1.807) is 12.1 Å². The smallest absolute Gasteiger partial charge is 0.262 e. The predicted molar refractivity (Wildman–Crippen MR) is 100 cm³/mol. The van der Waals surface area contributed by atoms with Crippen LogP contribution in [0.25, 0.3) is 10.8 Å². The number of hydrogen-bond donors (Lipinski definition) is 1. The Bertz CT molecular complexity index is 957. The van der Waals surface area contributed by atoms with Gasteiger partial charge in [0.15, 0.2) is 0 Å². The number of nitrogens with one attached hydrogen (secondary N) is 1. The van der Waals surface area contributed by atoms with Crippen molar-refractivity contribution in [3.8, 4) is 0 Å². The molecule has 0 saturated heterocycles. The lowest BCUT2D eigenvalue weighted by atomic mass is 9.85. The Morgan fingerprint density at radius 3 is 2.21 bits per heavy atom. The van der Waals surface area contributed by atoms with Gasteiger partial charge >= 0.3 is 0 Å². The fraction of sp³-hybridized carbons (Fsp3) is 0.111. The van der Waals surface area contributed by atoms with Crippen LogP contribution in [-0.4, -0.2) is 29.9 Å². The highest BCUT2D eigenvalue weighted by molar-refractivity contribution is 7.90. The Kier molecular flexibility index (Phi) is 4.60. The van der Waals surface area contributed by atoms with Gasteiger partial charge in [-0.15, -0.1) is 0 Å². The largest absolute Gasteiger partial charge is 0.377 e. The van der Waals surface area contributed by atoms with Crippen LogP contribution in [0.4, 0.5) is 5.69 Å². The molecule has 3 aromatic carbocycles. The molecule has 0 aliphatic rings. The fourth-order valence-corrected chi connectivity index (χ4v) is 3.79. The molecule has 0 amide bonds. The van der Waals surface area contributed by atoms with E-state index >= 15 is 0 Å². The summed E-state index contributed by atoms with van der Waals surface area (Å²) in [7, 11) is 1.74. The van der Waals surface area contributed by atoms with Gasteiger partial charge in [-0.25, -0.2) is 8.42 Å². The normalized spacial score (nSPS) is 11.4. The number of anilines is 1. The molecule has 24 heavy (non-hydrogen) atoms. The second kappa shape index (κ2) is 6.67. The van der Waals surface area contributed by atoms with Crippen LogP contribution in [0.3, 0.4) is 0 Å². The van der Waals surface area contributed by atoms with E-state index in [0.29, 0.717) is 5.39 Å². The van der Waals surface area contributed by atoms with Crippen LogP contribution in [0, 0.1) is 0 Å². The van der Waals surface area contributed by atoms with E-state index in [1.807, 2.05) is 73.6 Å². The first kappa shape index (κ1) is 16.5. The number of nitrogens with zero attached hydrogens (tertiary/aromatic N) is 1. The third-order valence-electron chi connectivity index (χ3n) is 3.81. The molecule has 3 aromatic rings. The highest BCUT2D eigenvalue weighted by atomic mass is 32.2. The molecule has 0 aliphatic carbocycles. The maximum Gasteiger partial charge on any atom is 0.262 e. The molecule has 0 aliphatic heterocycles. The summed E-state index contributed by atoms with van der Waals surface area (Å²) >= 11 is 0. The molecule has 1 N–H and O–H groups in total. The van der Waals surface area contributed by atoms with Gasteiger partial charge in [0.25, 0.3) is 7.41 Å². The first-order valence-corrected chi connectivity index (χ1v) is 9.07. The Balaban J connectivity index is 2.00. The Labute approximate surface area is 143 Å². The van der Waals surface area contributed by atoms with Gasteiger partial charge in [0.1, 0.15) is 0 Å². The van der Waals surface area contributed by atoms with E-state index in [0.717, 1.165) is 16.5 Å². The number of hydrogen-bond acceptors (Lipinski definition) is 3. The summed E-state index contributed by atoms with van der Waals surface area (Å²) in [5, 5.41) is 1.61. The first-order chi connectivity index (χ1) is 11.5. The van der Waals surface area contributed by atoms with Crippen LogP contribution in [0.2, 0.25) is 0 Å². The molecule has 121 valence electrons. The summed E-state index contributed by atoms with van der Waals surface area (Å²) in [5.41, 5.74) is 1.78. The van der Waals surface area contributed by atoms with Gasteiger partial charge in [0.2, 0.25) is 10.0 Å². The van der Waals surface area contributed by atoms with Crippen LogP contribution in [0.5, 0.6) is 0 Å². The highest BCUT2D eigenvalue weighted by Gasteiger charge is 2.18. The summed E-state index contributed by atoms with van der Waals surface area (Å²) in [6.45, 7) is 0. The zero-order valence-corrected chi connectivity index (χ0v) is 14.4. The van der Waals surface area contributed by atoms with E-state index in [1.165, 1.54) is 7.41 Å². The predicted octanol–water partition coefficient (Wildman–Crippen LogP) is 2.13. The summed E-state index contributed by atoms with van der Waals surface area (Å²) in [6, 6.07) is 20.3. The van der Waals surface area contributed by atoms with Gasteiger partial charge in [-0.05, 0) is 12.1 Å². The third kappa shape index (κ3) is 3.30. The topological polar surface area (TPSA) is 49.4 Å². The van der Waals surface area contributed by atoms with Gasteiger partial charge < -0.3 is 4.90 Å². The highest BCUT2D eigenvalue weighted by Crippen LogP contribution is 2.29. The molecule has 4 nitrogen and oxygen atoms in total. The van der Waals surface area contributed by atoms with Crippen molar-refractivity contribution >= 4 is 39.4 Å². The zero-order valence-electron chi connectivity index (χ0n) is 13.6. The van der Waals surface area contributed by atoms with E-state index < -0.39 is 10.0 Å². The quantitative estimate of drug-likeness (QED) is 0.726. The van der Waals surface area contributed by atoms with Crippen molar-refractivity contribution in [3.63, 3.8) is 0 Å². The third-order valence-corrected chi connectivity index (χ3v) is 5.17. The standard InChI is InChI=1S/C18H18BN2O2S/c1-21(2)17-12-6-11-16-15(17)10-7-13-18(16)24(22,23)20-19-14-8-4-3-5-9-14/h3-13,20H,1-2H3. The molecular formula is C18H18BN2O2S. The van der Waals surface area contributed by atoms with Crippen molar-refractivity contribution in [1.29, 1.82) is 0 Å². The van der Waals surface area contributed by atoms with Crippen molar-refractivity contribution in [1.82, 2.24) is 4.63 Å². The molecular weight excluding hydrogens is 319 g/mol. The number of benzene rings is 3. The van der Waals surface area contributed by atoms with E-state index in [-0.39, 0.29) is 4.90 Å². The Morgan fingerprint density at radius 2 is 1.50 bits per heavy atom. The van der Waals surface area contributed by atoms with Crippen molar-refractivity contribution in [2.75, 3.05) is 19.0 Å². The van der Waals surface area contributed by atoms with E-state index in [2.05, 4.69) is 4.63 Å². The molecule has 1 radical (unpaired) electrons. The summed E-state index contributed by atoms with van der Waals surface area (Å²) in [5.74, 6) is 0. The minimum absolute atomic E-state index is 0.274. The molecule has 0 aromatic heterocycles. The van der Waals surface area contributed by atoms with Gasteiger partial charge in [-0.2, -0.15) is 0 Å². The first-order valence-electron chi connectivity index (χ1n) is 7.59. The summed E-state index contributed by atoms with van der Waals surface area (Å²) in [6.07, 6.45) is 0. The molecule has 6 heteroatoms. The van der Waals surface area contributed by atoms with Crippen LogP contribution in [-0.2, 0) is 10.0 Å². The average molecular weight is 337 g/mol. The summed E-state index contributed by atoms with van der Waals surface area (Å²) in [4.78, 5) is 2.25. The number of sulfonamides is 1. The molecule has 0 spiro atoms. The number of rotatable bonds is 5.